The molecule has 0 bridgehead atoms. The van der Waals surface area contributed by atoms with Gasteiger partial charge in [-0.1, -0.05) is 90.4 Å². The highest BCUT2D eigenvalue weighted by molar-refractivity contribution is 7.47. The molecule has 0 fully saturated rings. The molecule has 198 valence electrons. The fourth-order valence-corrected chi connectivity index (χ4v) is 4.36. The fourth-order valence-electron chi connectivity index (χ4n) is 3.62. The van der Waals surface area contributed by atoms with Crippen molar-refractivity contribution in [2.45, 2.75) is 116 Å². The minimum atomic E-state index is -4.15. The summed E-state index contributed by atoms with van der Waals surface area (Å²) < 4.78 is 28.0. The molecule has 0 spiro atoms. The molecular formula is C25H53NO6P+. The zero-order chi connectivity index (χ0) is 25.0. The van der Waals surface area contributed by atoms with Gasteiger partial charge >= 0.3 is 13.8 Å². The highest BCUT2D eigenvalue weighted by Gasteiger charge is 2.25. The Morgan fingerprint density at radius 3 is 1.70 bits per heavy atom. The number of likely N-dealkylation sites (N-methyl/N-ethyl adjacent to an activating group) is 1. The lowest BCUT2D eigenvalue weighted by molar-refractivity contribution is -0.870. The summed E-state index contributed by atoms with van der Waals surface area (Å²) in [5, 5.41) is 0. The first-order chi connectivity index (χ1) is 15.6. The first-order valence-corrected chi connectivity index (χ1v) is 14.6. The number of phosphoric acid groups is 1. The number of hydrogen-bond acceptors (Lipinski definition) is 5. The first-order valence-electron chi connectivity index (χ1n) is 13.2. The second kappa shape index (κ2) is 19.8. The molecule has 0 aromatic rings. The van der Waals surface area contributed by atoms with Crippen molar-refractivity contribution in [1.82, 2.24) is 0 Å². The number of rotatable bonds is 23. The van der Waals surface area contributed by atoms with Gasteiger partial charge < -0.3 is 14.1 Å². The summed E-state index contributed by atoms with van der Waals surface area (Å²) in [5.74, 6) is -0.410. The average Bonchev–Trinajstić information content (AvgIpc) is 2.70. The van der Waals surface area contributed by atoms with Crippen LogP contribution in [0.4, 0.5) is 0 Å². The van der Waals surface area contributed by atoms with Gasteiger partial charge in [-0.2, -0.15) is 0 Å². The molecule has 0 radical (unpaired) electrons. The van der Waals surface area contributed by atoms with Crippen LogP contribution >= 0.6 is 7.82 Å². The van der Waals surface area contributed by atoms with Crippen LogP contribution in [-0.2, 0) is 23.1 Å². The molecule has 0 aromatic carbocycles. The summed E-state index contributed by atoms with van der Waals surface area (Å²) in [7, 11) is 1.77. The summed E-state index contributed by atoms with van der Waals surface area (Å²) in [6.07, 6.45) is 18.0. The molecule has 0 rings (SSSR count). The Labute approximate surface area is 203 Å². The van der Waals surface area contributed by atoms with Crippen LogP contribution in [0.1, 0.15) is 110 Å². The van der Waals surface area contributed by atoms with E-state index in [0.29, 0.717) is 17.4 Å². The van der Waals surface area contributed by atoms with Gasteiger partial charge in [-0.3, -0.25) is 13.8 Å². The number of phosphoric ester groups is 1. The Kier molecular flexibility index (Phi) is 19.5. The van der Waals surface area contributed by atoms with Gasteiger partial charge in [0.15, 0.2) is 0 Å². The van der Waals surface area contributed by atoms with E-state index in [-0.39, 0.29) is 13.2 Å². The second-order valence-electron chi connectivity index (χ2n) is 10.2. The van der Waals surface area contributed by atoms with Crippen molar-refractivity contribution in [3.8, 4) is 0 Å². The minimum Gasteiger partial charge on any atom is -0.460 e. The van der Waals surface area contributed by atoms with Gasteiger partial charge in [0.05, 0.1) is 27.7 Å². The molecule has 7 nitrogen and oxygen atoms in total. The molecule has 0 saturated heterocycles. The van der Waals surface area contributed by atoms with E-state index >= 15 is 0 Å². The third-order valence-electron chi connectivity index (χ3n) is 5.65. The standard InChI is InChI=1S/C25H52NO6P/c1-6-7-8-9-10-11-12-13-14-15-16-17-18-19-20-25(32-24(2)27)23-31-33(28,29)30-22-21-26(3,4)5/h25H,6-23H2,1-5H3/p+1/t25-/m1/s1. The highest BCUT2D eigenvalue weighted by atomic mass is 31.2. The van der Waals surface area contributed by atoms with Gasteiger partial charge in [0.1, 0.15) is 19.3 Å². The van der Waals surface area contributed by atoms with E-state index in [2.05, 4.69) is 6.92 Å². The third kappa shape index (κ3) is 24.5. The van der Waals surface area contributed by atoms with E-state index < -0.39 is 19.9 Å². The molecule has 0 aliphatic rings. The monoisotopic (exact) mass is 494 g/mol. The summed E-state index contributed by atoms with van der Waals surface area (Å²) in [4.78, 5) is 21.2. The Morgan fingerprint density at radius 2 is 1.27 bits per heavy atom. The van der Waals surface area contributed by atoms with Crippen molar-refractivity contribution >= 4 is 13.8 Å². The molecule has 1 unspecified atom stereocenters. The first kappa shape index (κ1) is 32.5. The van der Waals surface area contributed by atoms with Crippen molar-refractivity contribution in [3.05, 3.63) is 0 Å². The van der Waals surface area contributed by atoms with Crippen LogP contribution in [0.2, 0.25) is 0 Å². The summed E-state index contributed by atoms with van der Waals surface area (Å²) in [6.45, 7) is 4.17. The van der Waals surface area contributed by atoms with E-state index in [4.69, 9.17) is 13.8 Å². The molecule has 0 saturated carbocycles. The van der Waals surface area contributed by atoms with Crippen LogP contribution in [0.25, 0.3) is 0 Å². The molecule has 8 heteroatoms. The van der Waals surface area contributed by atoms with Crippen molar-refractivity contribution in [3.63, 3.8) is 0 Å². The molecule has 0 aliphatic carbocycles. The van der Waals surface area contributed by atoms with Crippen LogP contribution in [-0.4, -0.2) is 62.4 Å². The second-order valence-corrected chi connectivity index (χ2v) is 11.7. The number of nitrogens with zero attached hydrogens (tertiary/aromatic N) is 1. The molecule has 0 aliphatic heterocycles. The van der Waals surface area contributed by atoms with E-state index in [0.717, 1.165) is 19.3 Å². The van der Waals surface area contributed by atoms with Gasteiger partial charge in [-0.15, -0.1) is 0 Å². The zero-order valence-corrected chi connectivity index (χ0v) is 23.1. The van der Waals surface area contributed by atoms with Gasteiger partial charge in [0, 0.05) is 6.92 Å². The fraction of sp³-hybridized carbons (Fsp3) is 0.960. The average molecular weight is 495 g/mol. The predicted octanol–water partition coefficient (Wildman–Crippen LogP) is 6.63. The van der Waals surface area contributed by atoms with E-state index in [1.54, 1.807) is 0 Å². The molecule has 33 heavy (non-hydrogen) atoms. The number of quaternary nitrogens is 1. The maximum atomic E-state index is 12.1. The Bertz CT molecular complexity index is 524. The molecule has 0 heterocycles. The van der Waals surface area contributed by atoms with Gasteiger partial charge in [-0.25, -0.2) is 4.57 Å². The van der Waals surface area contributed by atoms with Crippen LogP contribution in [0.15, 0.2) is 0 Å². The molecule has 0 aromatic heterocycles. The maximum absolute atomic E-state index is 12.1. The predicted molar refractivity (Wildman–Crippen MR) is 135 cm³/mol. The lowest BCUT2D eigenvalue weighted by atomic mass is 10.0. The lowest BCUT2D eigenvalue weighted by Gasteiger charge is -2.24. The Hall–Kier alpha value is -0.460. The van der Waals surface area contributed by atoms with Crippen molar-refractivity contribution in [2.75, 3.05) is 40.9 Å². The largest absolute Gasteiger partial charge is 0.472 e. The quantitative estimate of drug-likeness (QED) is 0.0743. The number of ether oxygens (including phenoxy) is 1. The maximum Gasteiger partial charge on any atom is 0.472 e. The van der Waals surface area contributed by atoms with E-state index in [1.807, 2.05) is 21.1 Å². The van der Waals surface area contributed by atoms with Crippen molar-refractivity contribution in [2.24, 2.45) is 0 Å². The highest BCUT2D eigenvalue weighted by Crippen LogP contribution is 2.43. The van der Waals surface area contributed by atoms with Crippen molar-refractivity contribution < 1.29 is 32.5 Å². The number of carbonyl (C=O) groups is 1. The molecule has 0 amide bonds. The molecule has 1 N–H and O–H groups in total. The lowest BCUT2D eigenvalue weighted by Crippen LogP contribution is -2.37. The summed E-state index contributed by atoms with van der Waals surface area (Å²) in [5.41, 5.74) is 0. The van der Waals surface area contributed by atoms with Gasteiger partial charge in [0.25, 0.3) is 0 Å². The van der Waals surface area contributed by atoms with Crippen LogP contribution in [0, 0.1) is 0 Å². The number of unbranched alkanes of at least 4 members (excludes halogenated alkanes) is 13. The normalized spacial score (nSPS) is 14.7. The zero-order valence-electron chi connectivity index (χ0n) is 22.2. The van der Waals surface area contributed by atoms with E-state index in [1.165, 1.54) is 77.6 Å². The third-order valence-corrected chi connectivity index (χ3v) is 6.64. The topological polar surface area (TPSA) is 82.1 Å². The summed E-state index contributed by atoms with van der Waals surface area (Å²) >= 11 is 0. The van der Waals surface area contributed by atoms with Gasteiger partial charge in [0.2, 0.25) is 0 Å². The minimum absolute atomic E-state index is 0.120. The van der Waals surface area contributed by atoms with Gasteiger partial charge in [-0.05, 0) is 12.8 Å². The Balaban J connectivity index is 3.85. The SMILES string of the molecule is CCCCCCCCCCCCCCCC[C@H](COP(=O)(O)OCC[N+](C)(C)C)OC(C)=O. The Morgan fingerprint density at radius 1 is 0.818 bits per heavy atom. The number of hydrogen-bond donors (Lipinski definition) is 1. The molecular weight excluding hydrogens is 441 g/mol. The van der Waals surface area contributed by atoms with Crippen LogP contribution in [0.5, 0.6) is 0 Å². The smallest absolute Gasteiger partial charge is 0.460 e. The van der Waals surface area contributed by atoms with Crippen LogP contribution < -0.4 is 0 Å². The van der Waals surface area contributed by atoms with Crippen molar-refractivity contribution in [1.29, 1.82) is 0 Å². The van der Waals surface area contributed by atoms with Crippen LogP contribution in [0.3, 0.4) is 0 Å². The number of carbonyl (C=O) groups excluding carboxylic acids is 1. The number of esters is 1. The van der Waals surface area contributed by atoms with E-state index in [9.17, 15) is 14.3 Å². The molecule has 2 atom stereocenters. The summed E-state index contributed by atoms with van der Waals surface area (Å²) in [6, 6.07) is 0.